The lowest BCUT2D eigenvalue weighted by Gasteiger charge is -2.33. The van der Waals surface area contributed by atoms with Gasteiger partial charge in [0.25, 0.3) is 5.69 Å². The molecule has 2 aromatic carbocycles. The first-order valence-corrected chi connectivity index (χ1v) is 10.7. The molecule has 33 heavy (non-hydrogen) atoms. The molecule has 2 aromatic rings. The van der Waals surface area contributed by atoms with E-state index in [0.29, 0.717) is 32.5 Å². The number of amides is 3. The number of hydrogen-bond donors (Lipinski definition) is 1. The first kappa shape index (κ1) is 22.4. The second-order valence-electron chi connectivity index (χ2n) is 8.25. The van der Waals surface area contributed by atoms with Gasteiger partial charge in [0.2, 0.25) is 17.7 Å². The van der Waals surface area contributed by atoms with Crippen LogP contribution in [0.25, 0.3) is 0 Å². The summed E-state index contributed by atoms with van der Waals surface area (Å²) in [4.78, 5) is 51.5. The molecule has 0 spiro atoms. The summed E-state index contributed by atoms with van der Waals surface area (Å²) in [5.41, 5.74) is 0.211. The fraction of sp³-hybridized carbons (Fsp3) is 0.348. The number of benzene rings is 2. The standard InChI is InChI=1S/C23H23FN4O5/c24-19-7-6-18(28(32)33)13-20(19)25-22(30)15-8-10-26(11-9-15)23(31)16-12-21(29)27(14-16)17-4-2-1-3-5-17/h1-7,13,15-16H,8-12,14H2,(H,25,30). The van der Waals surface area contributed by atoms with E-state index in [-0.39, 0.29) is 29.6 Å². The van der Waals surface area contributed by atoms with Crippen molar-refractivity contribution in [3.63, 3.8) is 0 Å². The minimum atomic E-state index is -0.754. The number of carbonyl (C=O) groups excluding carboxylic acids is 3. The number of halogens is 1. The van der Waals surface area contributed by atoms with E-state index < -0.39 is 28.5 Å². The highest BCUT2D eigenvalue weighted by atomic mass is 19.1. The minimum absolute atomic E-state index is 0.0900. The number of nitro benzene ring substituents is 1. The van der Waals surface area contributed by atoms with Crippen molar-refractivity contribution >= 4 is 34.8 Å². The Labute approximate surface area is 189 Å². The molecule has 9 nitrogen and oxygen atoms in total. The van der Waals surface area contributed by atoms with Crippen LogP contribution in [-0.4, -0.2) is 47.2 Å². The van der Waals surface area contributed by atoms with Crippen LogP contribution in [0, 0.1) is 27.8 Å². The fourth-order valence-corrected chi connectivity index (χ4v) is 4.31. The number of anilines is 2. The van der Waals surface area contributed by atoms with Crippen LogP contribution in [0.1, 0.15) is 19.3 Å². The highest BCUT2D eigenvalue weighted by Gasteiger charge is 2.38. The summed E-state index contributed by atoms with van der Waals surface area (Å²) in [6, 6.07) is 12.2. The summed E-state index contributed by atoms with van der Waals surface area (Å²) in [6.45, 7) is 1.03. The van der Waals surface area contributed by atoms with Gasteiger partial charge in [0, 0.05) is 49.8 Å². The van der Waals surface area contributed by atoms with Crippen LogP contribution in [0.2, 0.25) is 0 Å². The van der Waals surface area contributed by atoms with Crippen molar-refractivity contribution in [1.29, 1.82) is 0 Å². The first-order chi connectivity index (χ1) is 15.8. The number of carbonyl (C=O) groups is 3. The summed E-state index contributed by atoms with van der Waals surface area (Å²) in [6.07, 6.45) is 0.925. The Morgan fingerprint density at radius 1 is 1.06 bits per heavy atom. The monoisotopic (exact) mass is 454 g/mol. The van der Waals surface area contributed by atoms with Crippen molar-refractivity contribution in [2.45, 2.75) is 19.3 Å². The number of para-hydroxylation sites is 1. The molecule has 2 fully saturated rings. The summed E-state index contributed by atoms with van der Waals surface area (Å²) in [5.74, 6) is -2.26. The number of nitrogens with zero attached hydrogens (tertiary/aromatic N) is 3. The van der Waals surface area contributed by atoms with Crippen LogP contribution in [0.5, 0.6) is 0 Å². The first-order valence-electron chi connectivity index (χ1n) is 10.7. The third-order valence-electron chi connectivity index (χ3n) is 6.14. The van der Waals surface area contributed by atoms with Gasteiger partial charge >= 0.3 is 0 Å². The van der Waals surface area contributed by atoms with Gasteiger partial charge < -0.3 is 15.1 Å². The average molecular weight is 454 g/mol. The van der Waals surface area contributed by atoms with Gasteiger partial charge in [-0.1, -0.05) is 18.2 Å². The SMILES string of the molecule is O=C(Nc1cc([N+](=O)[O-])ccc1F)C1CCN(C(=O)C2CC(=O)N(c3ccccc3)C2)CC1. The summed E-state index contributed by atoms with van der Waals surface area (Å²) < 4.78 is 14.0. The number of nitrogens with one attached hydrogen (secondary N) is 1. The molecule has 2 heterocycles. The van der Waals surface area contributed by atoms with Crippen LogP contribution in [0.15, 0.2) is 48.5 Å². The van der Waals surface area contributed by atoms with E-state index in [1.807, 2.05) is 30.3 Å². The number of non-ortho nitro benzene ring substituents is 1. The quantitative estimate of drug-likeness (QED) is 0.551. The van der Waals surface area contributed by atoms with E-state index in [4.69, 9.17) is 0 Å². The molecule has 172 valence electrons. The Bertz CT molecular complexity index is 1090. The maximum atomic E-state index is 14.0. The maximum absolute atomic E-state index is 14.0. The van der Waals surface area contributed by atoms with Crippen molar-refractivity contribution in [3.8, 4) is 0 Å². The third kappa shape index (κ3) is 4.84. The second kappa shape index (κ2) is 9.35. The highest BCUT2D eigenvalue weighted by molar-refractivity contribution is 6.00. The van der Waals surface area contributed by atoms with Crippen LogP contribution >= 0.6 is 0 Å². The number of rotatable bonds is 5. The van der Waals surface area contributed by atoms with Crippen LogP contribution in [0.3, 0.4) is 0 Å². The molecule has 0 radical (unpaired) electrons. The zero-order chi connectivity index (χ0) is 23.5. The lowest BCUT2D eigenvalue weighted by molar-refractivity contribution is -0.384. The van der Waals surface area contributed by atoms with Crippen molar-refractivity contribution in [2.75, 3.05) is 29.9 Å². The van der Waals surface area contributed by atoms with Crippen molar-refractivity contribution in [1.82, 2.24) is 4.90 Å². The zero-order valence-electron chi connectivity index (χ0n) is 17.8. The van der Waals surface area contributed by atoms with Gasteiger partial charge in [-0.25, -0.2) is 4.39 Å². The molecule has 0 bridgehead atoms. The van der Waals surface area contributed by atoms with Gasteiger partial charge in [0.05, 0.1) is 16.5 Å². The number of piperidine rings is 1. The van der Waals surface area contributed by atoms with Gasteiger partial charge in [0.1, 0.15) is 5.82 Å². The Balaban J connectivity index is 1.32. The molecule has 4 rings (SSSR count). The predicted octanol–water partition coefficient (Wildman–Crippen LogP) is 2.96. The Morgan fingerprint density at radius 3 is 2.42 bits per heavy atom. The molecule has 3 amide bonds. The Kier molecular flexibility index (Phi) is 6.34. The molecule has 2 aliphatic heterocycles. The van der Waals surface area contributed by atoms with Crippen LogP contribution < -0.4 is 10.2 Å². The molecule has 0 aromatic heterocycles. The number of nitro groups is 1. The molecule has 1 N–H and O–H groups in total. The van der Waals surface area contributed by atoms with Gasteiger partial charge in [-0.15, -0.1) is 0 Å². The van der Waals surface area contributed by atoms with Gasteiger partial charge in [-0.05, 0) is 31.0 Å². The number of hydrogen-bond acceptors (Lipinski definition) is 5. The molecule has 2 saturated heterocycles. The van der Waals surface area contributed by atoms with Gasteiger partial charge in [-0.2, -0.15) is 0 Å². The van der Waals surface area contributed by atoms with E-state index in [1.54, 1.807) is 9.80 Å². The second-order valence-corrected chi connectivity index (χ2v) is 8.25. The Hall–Kier alpha value is -3.82. The molecule has 1 unspecified atom stereocenters. The third-order valence-corrected chi connectivity index (χ3v) is 6.14. The lowest BCUT2D eigenvalue weighted by atomic mass is 9.94. The molecule has 0 aliphatic carbocycles. The van der Waals surface area contributed by atoms with Gasteiger partial charge in [-0.3, -0.25) is 24.5 Å². The molecular formula is C23H23FN4O5. The number of likely N-dealkylation sites (tertiary alicyclic amines) is 1. The predicted molar refractivity (Wildman–Crippen MR) is 118 cm³/mol. The topological polar surface area (TPSA) is 113 Å². The van der Waals surface area contributed by atoms with Crippen LogP contribution in [-0.2, 0) is 14.4 Å². The van der Waals surface area contributed by atoms with E-state index in [9.17, 15) is 28.9 Å². The summed E-state index contributed by atoms with van der Waals surface area (Å²) >= 11 is 0. The maximum Gasteiger partial charge on any atom is 0.271 e. The van der Waals surface area contributed by atoms with E-state index in [0.717, 1.165) is 23.9 Å². The molecule has 2 aliphatic rings. The highest BCUT2D eigenvalue weighted by Crippen LogP contribution is 2.29. The van der Waals surface area contributed by atoms with Crippen LogP contribution in [0.4, 0.5) is 21.5 Å². The smallest absolute Gasteiger partial charge is 0.271 e. The largest absolute Gasteiger partial charge is 0.342 e. The van der Waals surface area contributed by atoms with Crippen molar-refractivity contribution in [2.24, 2.45) is 11.8 Å². The summed E-state index contributed by atoms with van der Waals surface area (Å²) in [7, 11) is 0. The normalized spacial score (nSPS) is 18.9. The summed E-state index contributed by atoms with van der Waals surface area (Å²) in [5, 5.41) is 13.3. The van der Waals surface area contributed by atoms with E-state index in [1.165, 1.54) is 0 Å². The van der Waals surface area contributed by atoms with Crippen molar-refractivity contribution in [3.05, 3.63) is 64.5 Å². The lowest BCUT2D eigenvalue weighted by Crippen LogP contribution is -2.44. The van der Waals surface area contributed by atoms with E-state index >= 15 is 0 Å². The zero-order valence-corrected chi connectivity index (χ0v) is 17.8. The molecular weight excluding hydrogens is 431 g/mol. The minimum Gasteiger partial charge on any atom is -0.342 e. The average Bonchev–Trinajstić information content (AvgIpc) is 3.22. The molecule has 1 atom stereocenters. The van der Waals surface area contributed by atoms with Gasteiger partial charge in [0.15, 0.2) is 0 Å². The Morgan fingerprint density at radius 2 is 1.76 bits per heavy atom. The molecule has 10 heteroatoms. The molecule has 0 saturated carbocycles. The fourth-order valence-electron chi connectivity index (χ4n) is 4.31. The van der Waals surface area contributed by atoms with E-state index in [2.05, 4.69) is 5.32 Å². The van der Waals surface area contributed by atoms with Crippen molar-refractivity contribution < 1.29 is 23.7 Å².